The molecule has 0 spiro atoms. The minimum absolute atomic E-state index is 0.000577. The molecule has 1 atom stereocenters. The fourth-order valence-electron chi connectivity index (χ4n) is 4.71. The third-order valence-electron chi connectivity index (χ3n) is 6.76. The van der Waals surface area contributed by atoms with Crippen LogP contribution < -0.4 is 4.74 Å². The monoisotopic (exact) mass is 554 g/mol. The third-order valence-corrected chi connectivity index (χ3v) is 7.98. The summed E-state index contributed by atoms with van der Waals surface area (Å²) in [4.78, 5) is 13.3. The topological polar surface area (TPSA) is 71.2 Å². The Balaban J connectivity index is 1.42. The van der Waals surface area contributed by atoms with Gasteiger partial charge in [0.2, 0.25) is 0 Å². The number of halogens is 2. The summed E-state index contributed by atoms with van der Waals surface area (Å²) in [6.07, 6.45) is 2.30. The molecule has 0 aliphatic carbocycles. The Morgan fingerprint density at radius 1 is 1.18 bits per heavy atom. The van der Waals surface area contributed by atoms with Crippen LogP contribution in [-0.4, -0.2) is 50.7 Å². The normalized spacial score (nSPS) is 15.2. The Morgan fingerprint density at radius 2 is 1.97 bits per heavy atom. The molecular weight excluding hydrogens is 527 g/mol. The first-order valence-electron chi connectivity index (χ1n) is 12.3. The minimum Gasteiger partial charge on any atom is -0.497 e. The second-order valence-electron chi connectivity index (χ2n) is 9.21. The van der Waals surface area contributed by atoms with E-state index in [-0.39, 0.29) is 22.7 Å². The summed E-state index contributed by atoms with van der Waals surface area (Å²) in [5.41, 5.74) is 4.05. The lowest BCUT2D eigenvalue weighted by Crippen LogP contribution is -2.17. The number of rotatable bonds is 9. The van der Waals surface area contributed by atoms with Gasteiger partial charge in [-0.3, -0.25) is 9.36 Å². The number of aromatic nitrogens is 4. The number of aryl methyl sites for hydroxylation is 1. The van der Waals surface area contributed by atoms with E-state index in [1.807, 2.05) is 44.2 Å². The molecule has 4 aromatic rings. The summed E-state index contributed by atoms with van der Waals surface area (Å²) >= 11 is 7.39. The lowest BCUT2D eigenvalue weighted by atomic mass is 10.2. The number of hydrogen-bond acceptors (Lipinski definition) is 6. The van der Waals surface area contributed by atoms with E-state index in [1.165, 1.54) is 23.9 Å². The predicted octanol–water partition coefficient (Wildman–Crippen LogP) is 6.31. The molecule has 1 saturated heterocycles. The third kappa shape index (κ3) is 5.36. The highest BCUT2D eigenvalue weighted by atomic mass is 35.5. The molecule has 198 valence electrons. The van der Waals surface area contributed by atoms with E-state index >= 15 is 0 Å². The van der Waals surface area contributed by atoms with Crippen LogP contribution in [0.15, 0.2) is 53.7 Å². The average molecular weight is 555 g/mol. The molecule has 0 N–H and O–H groups in total. The summed E-state index contributed by atoms with van der Waals surface area (Å²) in [6, 6.07) is 13.8. The summed E-state index contributed by atoms with van der Waals surface area (Å²) in [7, 11) is 1.60. The first-order chi connectivity index (χ1) is 18.4. The number of carbonyl (C=O) groups is 1. The maximum Gasteiger partial charge on any atom is 0.196 e. The predicted molar refractivity (Wildman–Crippen MR) is 146 cm³/mol. The molecule has 0 unspecified atom stereocenters. The molecule has 3 heterocycles. The number of benzene rings is 2. The van der Waals surface area contributed by atoms with Gasteiger partial charge in [0, 0.05) is 35.7 Å². The largest absolute Gasteiger partial charge is 0.497 e. The molecule has 10 heteroatoms. The number of ketones is 1. The lowest BCUT2D eigenvalue weighted by molar-refractivity contribution is 0.0957. The SMILES string of the molecule is COc1ccc(-c2nnc(SCC(=O)c3cc(C)n(C[C@@H]4CCCO4)c3C)n2-c2ccc(F)c(Cl)c2)cc1. The van der Waals surface area contributed by atoms with E-state index in [2.05, 4.69) is 14.8 Å². The Morgan fingerprint density at radius 3 is 2.66 bits per heavy atom. The van der Waals surface area contributed by atoms with Gasteiger partial charge in [-0.2, -0.15) is 0 Å². The molecule has 0 amide bonds. The molecule has 0 radical (unpaired) electrons. The number of nitrogens with zero attached hydrogens (tertiary/aromatic N) is 4. The number of methoxy groups -OCH3 is 1. The molecule has 1 aliphatic rings. The summed E-state index contributed by atoms with van der Waals surface area (Å²) in [5.74, 6) is 0.901. The lowest BCUT2D eigenvalue weighted by Gasteiger charge is -2.14. The van der Waals surface area contributed by atoms with E-state index in [4.69, 9.17) is 21.1 Å². The quantitative estimate of drug-likeness (QED) is 0.178. The zero-order chi connectivity index (χ0) is 26.8. The van der Waals surface area contributed by atoms with E-state index in [0.717, 1.165) is 42.9 Å². The average Bonchev–Trinajstić information content (AvgIpc) is 3.66. The number of hydrogen-bond donors (Lipinski definition) is 0. The number of Topliss-reactive ketones (excluding diaryl/α,β-unsaturated/α-hetero) is 1. The van der Waals surface area contributed by atoms with Gasteiger partial charge in [-0.1, -0.05) is 23.4 Å². The van der Waals surface area contributed by atoms with Crippen molar-refractivity contribution in [3.05, 3.63) is 76.3 Å². The summed E-state index contributed by atoms with van der Waals surface area (Å²) in [6.45, 7) is 5.54. The molecule has 2 aromatic carbocycles. The van der Waals surface area contributed by atoms with Gasteiger partial charge in [0.1, 0.15) is 11.6 Å². The standard InChI is InChI=1S/C28H28ClFN4O3S/c1-17-13-23(18(2)33(17)15-22-5-4-12-37-22)26(35)16-38-28-32-31-27(19-6-9-21(36-3)10-7-19)34(28)20-8-11-25(30)24(29)14-20/h6-11,13-14,22H,4-5,12,15-16H2,1-3H3/t22-/m0/s1. The van der Waals surface area contributed by atoms with Gasteiger partial charge in [0.25, 0.3) is 0 Å². The van der Waals surface area contributed by atoms with Gasteiger partial charge in [-0.25, -0.2) is 4.39 Å². The van der Waals surface area contributed by atoms with Crippen LogP contribution in [-0.2, 0) is 11.3 Å². The highest BCUT2D eigenvalue weighted by molar-refractivity contribution is 7.99. The fourth-order valence-corrected chi connectivity index (χ4v) is 5.72. The molecular formula is C28H28ClFN4O3S. The zero-order valence-corrected chi connectivity index (χ0v) is 23.0. The summed E-state index contributed by atoms with van der Waals surface area (Å²) < 4.78 is 29.0. The number of thioether (sulfide) groups is 1. The summed E-state index contributed by atoms with van der Waals surface area (Å²) in [5, 5.41) is 9.26. The van der Waals surface area contributed by atoms with Crippen LogP contribution in [0.4, 0.5) is 4.39 Å². The van der Waals surface area contributed by atoms with Crippen molar-refractivity contribution in [2.75, 3.05) is 19.5 Å². The van der Waals surface area contributed by atoms with Crippen LogP contribution >= 0.6 is 23.4 Å². The van der Waals surface area contributed by atoms with Crippen molar-refractivity contribution >= 4 is 29.1 Å². The van der Waals surface area contributed by atoms with Crippen molar-refractivity contribution in [3.63, 3.8) is 0 Å². The molecule has 5 rings (SSSR count). The van der Waals surface area contributed by atoms with Gasteiger partial charge in [-0.15, -0.1) is 10.2 Å². The van der Waals surface area contributed by atoms with E-state index in [1.54, 1.807) is 17.7 Å². The first kappa shape index (κ1) is 26.5. The molecule has 1 aliphatic heterocycles. The zero-order valence-electron chi connectivity index (χ0n) is 21.4. The fraction of sp³-hybridized carbons (Fsp3) is 0.321. The first-order valence-corrected chi connectivity index (χ1v) is 13.7. The maximum atomic E-state index is 13.9. The Hall–Kier alpha value is -3.14. The molecule has 0 saturated carbocycles. The minimum atomic E-state index is -0.516. The van der Waals surface area contributed by atoms with Crippen molar-refractivity contribution in [2.45, 2.75) is 44.5 Å². The Bertz CT molecular complexity index is 1460. The number of ether oxygens (including phenoxy) is 2. The van der Waals surface area contributed by atoms with Crippen molar-refractivity contribution in [3.8, 4) is 22.8 Å². The van der Waals surface area contributed by atoms with Crippen molar-refractivity contribution in [1.29, 1.82) is 0 Å². The molecule has 0 bridgehead atoms. The van der Waals surface area contributed by atoms with Crippen LogP contribution in [0.3, 0.4) is 0 Å². The number of carbonyl (C=O) groups excluding carboxylic acids is 1. The van der Waals surface area contributed by atoms with Crippen molar-refractivity contribution in [1.82, 2.24) is 19.3 Å². The van der Waals surface area contributed by atoms with Crippen LogP contribution in [0.25, 0.3) is 17.1 Å². The molecule has 38 heavy (non-hydrogen) atoms. The van der Waals surface area contributed by atoms with Crippen molar-refractivity contribution in [2.24, 2.45) is 0 Å². The van der Waals surface area contributed by atoms with Gasteiger partial charge in [0.05, 0.1) is 29.7 Å². The Kier molecular flexibility index (Phi) is 7.88. The highest BCUT2D eigenvalue weighted by Crippen LogP contribution is 2.31. The molecule has 2 aromatic heterocycles. The van der Waals surface area contributed by atoms with Gasteiger partial charge in [-0.05, 0) is 75.2 Å². The van der Waals surface area contributed by atoms with Gasteiger partial charge in [0.15, 0.2) is 16.8 Å². The second kappa shape index (κ2) is 11.3. The van der Waals surface area contributed by atoms with E-state index < -0.39 is 5.82 Å². The van der Waals surface area contributed by atoms with Crippen LogP contribution in [0.2, 0.25) is 5.02 Å². The smallest absolute Gasteiger partial charge is 0.196 e. The molecule has 7 nitrogen and oxygen atoms in total. The van der Waals surface area contributed by atoms with Gasteiger partial charge >= 0.3 is 0 Å². The van der Waals surface area contributed by atoms with Crippen molar-refractivity contribution < 1.29 is 18.7 Å². The van der Waals surface area contributed by atoms with Gasteiger partial charge < -0.3 is 14.0 Å². The van der Waals surface area contributed by atoms with E-state index in [9.17, 15) is 9.18 Å². The van der Waals surface area contributed by atoms with Crippen LogP contribution in [0.1, 0.15) is 34.6 Å². The highest BCUT2D eigenvalue weighted by Gasteiger charge is 2.23. The second-order valence-corrected chi connectivity index (χ2v) is 10.6. The maximum absolute atomic E-state index is 13.9. The Labute approximate surface area is 229 Å². The molecule has 1 fully saturated rings. The van der Waals surface area contributed by atoms with E-state index in [0.29, 0.717) is 28.0 Å². The van der Waals surface area contributed by atoms with Crippen LogP contribution in [0, 0.1) is 19.7 Å². The van der Waals surface area contributed by atoms with Crippen LogP contribution in [0.5, 0.6) is 5.75 Å².